The van der Waals surface area contributed by atoms with Gasteiger partial charge in [0.15, 0.2) is 0 Å². The van der Waals surface area contributed by atoms with E-state index in [1.807, 2.05) is 12.5 Å². The molecule has 15 heavy (non-hydrogen) atoms. The van der Waals surface area contributed by atoms with Gasteiger partial charge in [0.2, 0.25) is 0 Å². The summed E-state index contributed by atoms with van der Waals surface area (Å²) in [6, 6.07) is 0. The van der Waals surface area contributed by atoms with Crippen LogP contribution in [0.2, 0.25) is 0 Å². The lowest BCUT2D eigenvalue weighted by Gasteiger charge is -2.28. The first-order chi connectivity index (χ1) is 7.34. The van der Waals surface area contributed by atoms with Crippen molar-refractivity contribution in [3.63, 3.8) is 0 Å². The van der Waals surface area contributed by atoms with E-state index in [9.17, 15) is 0 Å². The zero-order valence-corrected chi connectivity index (χ0v) is 9.32. The Labute approximate surface area is 90.9 Å². The molecule has 0 spiro atoms. The second kappa shape index (κ2) is 3.63. The van der Waals surface area contributed by atoms with Crippen molar-refractivity contribution in [2.24, 2.45) is 11.8 Å². The van der Waals surface area contributed by atoms with Gasteiger partial charge in [-0.25, -0.2) is 4.98 Å². The molecule has 1 aromatic heterocycles. The molecule has 0 radical (unpaired) electrons. The number of nitrogens with one attached hydrogen (secondary N) is 1. The molecular weight excluding hydrogens is 186 g/mol. The predicted molar refractivity (Wildman–Crippen MR) is 59.7 cm³/mol. The average molecular weight is 205 g/mol. The lowest BCUT2D eigenvalue weighted by Crippen LogP contribution is -2.41. The molecule has 0 amide bonds. The second-order valence-electron chi connectivity index (χ2n) is 5.14. The molecule has 2 fully saturated rings. The summed E-state index contributed by atoms with van der Waals surface area (Å²) in [5.41, 5.74) is 1.43. The van der Waals surface area contributed by atoms with Gasteiger partial charge in [0.25, 0.3) is 0 Å². The zero-order chi connectivity index (χ0) is 10.3. The Morgan fingerprint density at radius 2 is 2.33 bits per heavy atom. The average Bonchev–Trinajstić information content (AvgIpc) is 2.89. The maximum Gasteiger partial charge on any atom is 0.0948 e. The molecule has 1 unspecified atom stereocenters. The highest BCUT2D eigenvalue weighted by atomic mass is 15.1. The first-order valence-electron chi connectivity index (χ1n) is 6.05. The molecule has 3 rings (SSSR count). The van der Waals surface area contributed by atoms with Gasteiger partial charge in [0.1, 0.15) is 0 Å². The molecule has 1 N–H and O–H groups in total. The van der Waals surface area contributed by atoms with Crippen LogP contribution in [0.25, 0.3) is 0 Å². The van der Waals surface area contributed by atoms with E-state index in [-0.39, 0.29) is 0 Å². The maximum atomic E-state index is 4.29. The standard InChI is InChI=1S/C12H19N3/c1-9(10-2-3-10)7-15-8-14-6-12(15)11-4-13-5-11/h6,8-11,13H,2-5,7H2,1H3. The van der Waals surface area contributed by atoms with Crippen LogP contribution in [0, 0.1) is 11.8 Å². The van der Waals surface area contributed by atoms with Gasteiger partial charge in [-0.2, -0.15) is 0 Å². The van der Waals surface area contributed by atoms with Crippen LogP contribution < -0.4 is 5.32 Å². The third-order valence-corrected chi connectivity index (χ3v) is 3.86. The fourth-order valence-corrected chi connectivity index (χ4v) is 2.45. The predicted octanol–water partition coefficient (Wildman–Crippen LogP) is 1.62. The molecule has 3 nitrogen and oxygen atoms in total. The Bertz CT molecular complexity index is 336. The van der Waals surface area contributed by atoms with Crippen LogP contribution in [0.1, 0.15) is 31.4 Å². The number of rotatable bonds is 4. The van der Waals surface area contributed by atoms with Crippen molar-refractivity contribution in [3.8, 4) is 0 Å². The van der Waals surface area contributed by atoms with Gasteiger partial charge in [-0.15, -0.1) is 0 Å². The quantitative estimate of drug-likeness (QED) is 0.809. The Kier molecular flexibility index (Phi) is 2.28. The van der Waals surface area contributed by atoms with Crippen LogP contribution >= 0.6 is 0 Å². The molecular formula is C12H19N3. The van der Waals surface area contributed by atoms with Crippen LogP contribution in [-0.2, 0) is 6.54 Å². The van der Waals surface area contributed by atoms with Gasteiger partial charge in [-0.05, 0) is 24.7 Å². The maximum absolute atomic E-state index is 4.29. The van der Waals surface area contributed by atoms with Crippen molar-refractivity contribution in [3.05, 3.63) is 18.2 Å². The topological polar surface area (TPSA) is 29.9 Å². The van der Waals surface area contributed by atoms with E-state index in [4.69, 9.17) is 0 Å². The second-order valence-corrected chi connectivity index (χ2v) is 5.14. The number of hydrogen-bond acceptors (Lipinski definition) is 2. The summed E-state index contributed by atoms with van der Waals surface area (Å²) in [6.45, 7) is 5.80. The van der Waals surface area contributed by atoms with E-state index in [1.54, 1.807) is 0 Å². The molecule has 0 aromatic carbocycles. The minimum Gasteiger partial charge on any atom is -0.334 e. The van der Waals surface area contributed by atoms with E-state index in [0.29, 0.717) is 5.92 Å². The van der Waals surface area contributed by atoms with Gasteiger partial charge >= 0.3 is 0 Å². The monoisotopic (exact) mass is 205 g/mol. The van der Waals surface area contributed by atoms with E-state index in [0.717, 1.165) is 31.5 Å². The van der Waals surface area contributed by atoms with Gasteiger partial charge in [-0.1, -0.05) is 6.92 Å². The molecule has 2 aliphatic rings. The molecule has 1 saturated carbocycles. The van der Waals surface area contributed by atoms with Crippen molar-refractivity contribution in [2.45, 2.75) is 32.2 Å². The van der Waals surface area contributed by atoms with Crippen molar-refractivity contribution in [1.82, 2.24) is 14.9 Å². The van der Waals surface area contributed by atoms with Gasteiger partial charge in [0, 0.05) is 37.4 Å². The molecule has 1 aliphatic heterocycles. The molecule has 1 atom stereocenters. The molecule has 1 saturated heterocycles. The lowest BCUT2D eigenvalue weighted by molar-refractivity contribution is 0.385. The fraction of sp³-hybridized carbons (Fsp3) is 0.750. The number of aromatic nitrogens is 2. The Morgan fingerprint density at radius 1 is 1.53 bits per heavy atom. The molecule has 2 heterocycles. The Morgan fingerprint density at radius 3 is 2.93 bits per heavy atom. The lowest BCUT2D eigenvalue weighted by atomic mass is 9.99. The molecule has 82 valence electrons. The first kappa shape index (κ1) is 9.40. The van der Waals surface area contributed by atoms with Gasteiger partial charge in [0.05, 0.1) is 6.33 Å². The minimum absolute atomic E-state index is 0.707. The fourth-order valence-electron chi connectivity index (χ4n) is 2.45. The Balaban J connectivity index is 1.70. The number of hydrogen-bond donors (Lipinski definition) is 1. The van der Waals surface area contributed by atoms with Crippen molar-refractivity contribution in [1.29, 1.82) is 0 Å². The summed E-state index contributed by atoms with van der Waals surface area (Å²) in [7, 11) is 0. The van der Waals surface area contributed by atoms with Gasteiger partial charge < -0.3 is 9.88 Å². The normalized spacial score (nSPS) is 23.8. The van der Waals surface area contributed by atoms with Crippen LogP contribution in [0.4, 0.5) is 0 Å². The van der Waals surface area contributed by atoms with E-state index >= 15 is 0 Å². The van der Waals surface area contributed by atoms with E-state index < -0.39 is 0 Å². The summed E-state index contributed by atoms with van der Waals surface area (Å²) in [4.78, 5) is 4.29. The third-order valence-electron chi connectivity index (χ3n) is 3.86. The van der Waals surface area contributed by atoms with Crippen LogP contribution in [0.15, 0.2) is 12.5 Å². The summed E-state index contributed by atoms with van der Waals surface area (Å²) in [6.07, 6.45) is 6.93. The van der Waals surface area contributed by atoms with E-state index in [1.165, 1.54) is 18.5 Å². The highest BCUT2D eigenvalue weighted by Gasteiger charge is 2.29. The molecule has 1 aromatic rings. The molecule has 1 aliphatic carbocycles. The largest absolute Gasteiger partial charge is 0.334 e. The van der Waals surface area contributed by atoms with Crippen LogP contribution in [-0.4, -0.2) is 22.6 Å². The van der Waals surface area contributed by atoms with Crippen LogP contribution in [0.3, 0.4) is 0 Å². The smallest absolute Gasteiger partial charge is 0.0948 e. The third kappa shape index (κ3) is 1.81. The molecule has 0 bridgehead atoms. The Hall–Kier alpha value is -0.830. The number of nitrogens with zero attached hydrogens (tertiary/aromatic N) is 2. The summed E-state index contributed by atoms with van der Waals surface area (Å²) >= 11 is 0. The summed E-state index contributed by atoms with van der Waals surface area (Å²) in [5.74, 6) is 2.52. The molecule has 3 heteroatoms. The summed E-state index contributed by atoms with van der Waals surface area (Å²) < 4.78 is 2.37. The highest BCUT2D eigenvalue weighted by molar-refractivity contribution is 5.11. The van der Waals surface area contributed by atoms with Crippen molar-refractivity contribution >= 4 is 0 Å². The highest BCUT2D eigenvalue weighted by Crippen LogP contribution is 2.37. The minimum atomic E-state index is 0.707. The van der Waals surface area contributed by atoms with Crippen molar-refractivity contribution in [2.75, 3.05) is 13.1 Å². The van der Waals surface area contributed by atoms with E-state index in [2.05, 4.69) is 21.8 Å². The van der Waals surface area contributed by atoms with Crippen LogP contribution in [0.5, 0.6) is 0 Å². The van der Waals surface area contributed by atoms with Gasteiger partial charge in [-0.3, -0.25) is 0 Å². The zero-order valence-electron chi connectivity index (χ0n) is 9.32. The number of imidazole rings is 1. The summed E-state index contributed by atoms with van der Waals surface area (Å²) in [5, 5.41) is 3.32. The van der Waals surface area contributed by atoms with Crippen molar-refractivity contribution < 1.29 is 0 Å². The SMILES string of the molecule is CC(Cn1cncc1C1CNC1)C1CC1. The first-order valence-corrected chi connectivity index (χ1v) is 6.05.